The van der Waals surface area contributed by atoms with Gasteiger partial charge in [0.2, 0.25) is 5.91 Å². The van der Waals surface area contributed by atoms with E-state index in [-0.39, 0.29) is 12.5 Å². The van der Waals surface area contributed by atoms with Gasteiger partial charge in [0.05, 0.1) is 6.54 Å². The lowest BCUT2D eigenvalue weighted by Crippen LogP contribution is -2.34. The Bertz CT molecular complexity index is 439. The molecule has 5 heteroatoms. The van der Waals surface area contributed by atoms with E-state index in [9.17, 15) is 4.79 Å². The van der Waals surface area contributed by atoms with Gasteiger partial charge in [0, 0.05) is 12.7 Å². The largest absolute Gasteiger partial charge is 0.369 e. The second kappa shape index (κ2) is 7.41. The number of carbonyl (C=O) groups is 1. The molecule has 0 bridgehead atoms. The molecule has 0 fully saturated rings. The Hall–Kier alpha value is -1.93. The summed E-state index contributed by atoms with van der Waals surface area (Å²) in [6, 6.07) is 5.59. The highest BCUT2D eigenvalue weighted by Crippen LogP contribution is 2.06. The van der Waals surface area contributed by atoms with Crippen molar-refractivity contribution in [3.63, 3.8) is 0 Å². The van der Waals surface area contributed by atoms with E-state index < -0.39 is 0 Å². The summed E-state index contributed by atoms with van der Waals surface area (Å²) in [5.41, 5.74) is 6.59. The zero-order valence-electron chi connectivity index (χ0n) is 10.6. The van der Waals surface area contributed by atoms with Gasteiger partial charge in [-0.1, -0.05) is 13.3 Å². The van der Waals surface area contributed by atoms with Crippen molar-refractivity contribution in [1.82, 2.24) is 9.88 Å². The van der Waals surface area contributed by atoms with Gasteiger partial charge in [0.25, 0.3) is 0 Å². The number of pyridine rings is 1. The highest BCUT2D eigenvalue weighted by atomic mass is 16.1. The minimum Gasteiger partial charge on any atom is -0.369 e. The van der Waals surface area contributed by atoms with E-state index in [1.54, 1.807) is 12.3 Å². The monoisotopic (exact) mass is 246 g/mol. The molecule has 1 aromatic rings. The van der Waals surface area contributed by atoms with Crippen molar-refractivity contribution in [2.24, 2.45) is 5.73 Å². The summed E-state index contributed by atoms with van der Waals surface area (Å²) in [5.74, 6) is -0.333. The van der Waals surface area contributed by atoms with Crippen LogP contribution in [0.1, 0.15) is 31.0 Å². The van der Waals surface area contributed by atoms with Crippen LogP contribution < -0.4 is 5.73 Å². The van der Waals surface area contributed by atoms with Crippen molar-refractivity contribution in [2.45, 2.75) is 26.3 Å². The summed E-state index contributed by atoms with van der Waals surface area (Å²) in [5, 5.41) is 8.78. The molecule has 0 unspecified atom stereocenters. The predicted octanol–water partition coefficient (Wildman–Crippen LogP) is 1.04. The van der Waals surface area contributed by atoms with E-state index in [4.69, 9.17) is 11.0 Å². The number of unbranched alkanes of at least 4 members (excludes halogenated alkanes) is 1. The Labute approximate surface area is 107 Å². The zero-order chi connectivity index (χ0) is 13.4. The normalized spacial score (nSPS) is 10.3. The lowest BCUT2D eigenvalue weighted by Gasteiger charge is -2.20. The average Bonchev–Trinajstić information content (AvgIpc) is 2.35. The Kier molecular flexibility index (Phi) is 5.81. The fourth-order valence-electron chi connectivity index (χ4n) is 1.71. The van der Waals surface area contributed by atoms with Crippen LogP contribution in [0.2, 0.25) is 0 Å². The lowest BCUT2D eigenvalue weighted by atomic mass is 10.2. The quantitative estimate of drug-likeness (QED) is 0.779. The molecule has 0 saturated carbocycles. The van der Waals surface area contributed by atoms with Gasteiger partial charge in [0.15, 0.2) is 0 Å². The first-order valence-corrected chi connectivity index (χ1v) is 6.01. The van der Waals surface area contributed by atoms with Gasteiger partial charge in [-0.15, -0.1) is 0 Å². The number of rotatable bonds is 7. The van der Waals surface area contributed by atoms with Crippen LogP contribution in [-0.4, -0.2) is 28.9 Å². The SMILES string of the molecule is CCCCN(CC(N)=O)Cc1ccnc(C#N)c1. The molecule has 96 valence electrons. The first-order valence-electron chi connectivity index (χ1n) is 6.01. The third-order valence-electron chi connectivity index (χ3n) is 2.55. The molecule has 0 atom stereocenters. The van der Waals surface area contributed by atoms with Crippen molar-refractivity contribution >= 4 is 5.91 Å². The van der Waals surface area contributed by atoms with Gasteiger partial charge < -0.3 is 5.73 Å². The third-order valence-corrected chi connectivity index (χ3v) is 2.55. The molecule has 0 radical (unpaired) electrons. The zero-order valence-corrected chi connectivity index (χ0v) is 10.6. The van der Waals surface area contributed by atoms with Gasteiger partial charge in [-0.3, -0.25) is 9.69 Å². The topological polar surface area (TPSA) is 83.0 Å². The van der Waals surface area contributed by atoms with Crippen LogP contribution in [-0.2, 0) is 11.3 Å². The molecule has 0 saturated heterocycles. The van der Waals surface area contributed by atoms with Crippen molar-refractivity contribution < 1.29 is 4.79 Å². The summed E-state index contributed by atoms with van der Waals surface area (Å²) in [4.78, 5) is 16.9. The molecule has 1 amide bonds. The standard InChI is InChI=1S/C13H18N4O/c1-2-3-6-17(10-13(15)18)9-11-4-5-16-12(7-11)8-14/h4-5,7H,2-3,6,9-10H2,1H3,(H2,15,18). The van der Waals surface area contributed by atoms with E-state index in [0.29, 0.717) is 12.2 Å². The molecule has 18 heavy (non-hydrogen) atoms. The van der Waals surface area contributed by atoms with Crippen LogP contribution in [0, 0.1) is 11.3 Å². The minimum atomic E-state index is -0.333. The van der Waals surface area contributed by atoms with Crippen LogP contribution in [0.4, 0.5) is 0 Å². The Morgan fingerprint density at radius 1 is 1.61 bits per heavy atom. The molecule has 1 rings (SSSR count). The van der Waals surface area contributed by atoms with Gasteiger partial charge in [0.1, 0.15) is 11.8 Å². The number of hydrogen-bond donors (Lipinski definition) is 1. The lowest BCUT2D eigenvalue weighted by molar-refractivity contribution is -0.119. The van der Waals surface area contributed by atoms with E-state index in [0.717, 1.165) is 24.9 Å². The predicted molar refractivity (Wildman–Crippen MR) is 68.3 cm³/mol. The fraction of sp³-hybridized carbons (Fsp3) is 0.462. The van der Waals surface area contributed by atoms with Crippen molar-refractivity contribution in [2.75, 3.05) is 13.1 Å². The first kappa shape index (κ1) is 14.1. The maximum Gasteiger partial charge on any atom is 0.231 e. The van der Waals surface area contributed by atoms with Crippen LogP contribution in [0.3, 0.4) is 0 Å². The summed E-state index contributed by atoms with van der Waals surface area (Å²) in [7, 11) is 0. The van der Waals surface area contributed by atoms with Crippen molar-refractivity contribution in [3.8, 4) is 6.07 Å². The molecule has 5 nitrogen and oxygen atoms in total. The number of nitrogens with zero attached hydrogens (tertiary/aromatic N) is 3. The molecule has 1 heterocycles. The van der Waals surface area contributed by atoms with E-state index >= 15 is 0 Å². The smallest absolute Gasteiger partial charge is 0.231 e. The molecular formula is C13H18N4O. The number of carbonyl (C=O) groups excluding carboxylic acids is 1. The molecule has 0 aromatic carbocycles. The first-order chi connectivity index (χ1) is 8.65. The minimum absolute atomic E-state index is 0.240. The second-order valence-corrected chi connectivity index (χ2v) is 4.19. The summed E-state index contributed by atoms with van der Waals surface area (Å²) in [6.45, 7) is 3.77. The van der Waals surface area contributed by atoms with E-state index in [1.165, 1.54) is 0 Å². The van der Waals surface area contributed by atoms with E-state index in [2.05, 4.69) is 11.9 Å². The molecule has 0 aliphatic heterocycles. The molecule has 1 aromatic heterocycles. The summed E-state index contributed by atoms with van der Waals surface area (Å²) in [6.07, 6.45) is 3.69. The van der Waals surface area contributed by atoms with Gasteiger partial charge in [-0.2, -0.15) is 5.26 Å². The Morgan fingerprint density at radius 3 is 3.00 bits per heavy atom. The van der Waals surface area contributed by atoms with Crippen LogP contribution >= 0.6 is 0 Å². The van der Waals surface area contributed by atoms with Crippen molar-refractivity contribution in [3.05, 3.63) is 29.6 Å². The number of hydrogen-bond acceptors (Lipinski definition) is 4. The van der Waals surface area contributed by atoms with Crippen molar-refractivity contribution in [1.29, 1.82) is 5.26 Å². The van der Waals surface area contributed by atoms with Gasteiger partial charge in [-0.25, -0.2) is 4.98 Å². The van der Waals surface area contributed by atoms with Gasteiger partial charge >= 0.3 is 0 Å². The third kappa shape index (κ3) is 4.93. The van der Waals surface area contributed by atoms with Crippen LogP contribution in [0.25, 0.3) is 0 Å². The maximum absolute atomic E-state index is 11.0. The number of amides is 1. The molecule has 0 aliphatic carbocycles. The summed E-state index contributed by atoms with van der Waals surface area (Å²) >= 11 is 0. The molecular weight excluding hydrogens is 228 g/mol. The average molecular weight is 246 g/mol. The number of nitriles is 1. The summed E-state index contributed by atoms with van der Waals surface area (Å²) < 4.78 is 0. The van der Waals surface area contributed by atoms with Crippen LogP contribution in [0.15, 0.2) is 18.3 Å². The van der Waals surface area contributed by atoms with E-state index in [1.807, 2.05) is 17.0 Å². The fourth-order valence-corrected chi connectivity index (χ4v) is 1.71. The maximum atomic E-state index is 11.0. The van der Waals surface area contributed by atoms with Crippen LogP contribution in [0.5, 0.6) is 0 Å². The highest BCUT2D eigenvalue weighted by molar-refractivity contribution is 5.75. The molecule has 0 aliphatic rings. The second-order valence-electron chi connectivity index (χ2n) is 4.19. The highest BCUT2D eigenvalue weighted by Gasteiger charge is 2.09. The molecule has 2 N–H and O–H groups in total. The Balaban J connectivity index is 2.68. The number of nitrogens with two attached hydrogens (primary N) is 1. The number of aromatic nitrogens is 1. The van der Waals surface area contributed by atoms with Gasteiger partial charge in [-0.05, 0) is 30.7 Å². The number of primary amides is 1. The molecule has 0 spiro atoms. The Morgan fingerprint density at radius 2 is 2.39 bits per heavy atom.